The molecule has 1 aliphatic heterocycles. The first-order valence-electron chi connectivity index (χ1n) is 11.3. The molecule has 1 heterocycles. The molecule has 1 saturated heterocycles. The Morgan fingerprint density at radius 2 is 1.93 bits per heavy atom. The van der Waals surface area contributed by atoms with Crippen LogP contribution in [0.25, 0.3) is 0 Å². The maximum atomic E-state index is 3.68. The summed E-state index contributed by atoms with van der Waals surface area (Å²) in [4.78, 5) is 2.83. The van der Waals surface area contributed by atoms with E-state index in [1.165, 1.54) is 50.0 Å². The summed E-state index contributed by atoms with van der Waals surface area (Å²) in [6.07, 6.45) is 6.54. The Morgan fingerprint density at radius 1 is 1.11 bits per heavy atom. The van der Waals surface area contributed by atoms with E-state index >= 15 is 0 Å². The van der Waals surface area contributed by atoms with Gasteiger partial charge in [-0.2, -0.15) is 0 Å². The minimum Gasteiger partial charge on any atom is -0.385 e. The number of anilines is 1. The molecule has 148 valence electrons. The molecule has 0 aromatic heterocycles. The van der Waals surface area contributed by atoms with E-state index in [1.807, 2.05) is 0 Å². The van der Waals surface area contributed by atoms with E-state index in [4.69, 9.17) is 0 Å². The van der Waals surface area contributed by atoms with Crippen molar-refractivity contribution in [2.75, 3.05) is 25.0 Å². The summed E-state index contributed by atoms with van der Waals surface area (Å²) in [6.45, 7) is 8.67. The summed E-state index contributed by atoms with van der Waals surface area (Å²) in [5, 5.41) is 3.68. The van der Waals surface area contributed by atoms with Gasteiger partial charge in [-0.05, 0) is 84.7 Å². The molecule has 28 heavy (non-hydrogen) atoms. The minimum atomic E-state index is 0.329. The molecule has 5 rings (SSSR count). The molecule has 2 fully saturated rings. The lowest BCUT2D eigenvalue weighted by Gasteiger charge is -2.55. The van der Waals surface area contributed by atoms with Crippen LogP contribution >= 0.6 is 0 Å². The molecular weight excluding hydrogens is 340 g/mol. The molecule has 2 bridgehead atoms. The summed E-state index contributed by atoms with van der Waals surface area (Å²) in [7, 11) is 0. The molecule has 1 N–H and O–H groups in total. The number of nitrogens with zero attached hydrogens (tertiary/aromatic N) is 1. The van der Waals surface area contributed by atoms with Gasteiger partial charge in [0.1, 0.15) is 0 Å². The van der Waals surface area contributed by atoms with Gasteiger partial charge in [0.2, 0.25) is 0 Å². The second kappa shape index (κ2) is 7.22. The van der Waals surface area contributed by atoms with Crippen LogP contribution in [0.4, 0.5) is 5.69 Å². The highest BCUT2D eigenvalue weighted by Crippen LogP contribution is 2.49. The molecule has 0 spiro atoms. The van der Waals surface area contributed by atoms with Crippen molar-refractivity contribution < 1.29 is 0 Å². The molecule has 3 aliphatic rings. The minimum absolute atomic E-state index is 0.329. The van der Waals surface area contributed by atoms with Crippen molar-refractivity contribution >= 4 is 5.69 Å². The lowest BCUT2D eigenvalue weighted by molar-refractivity contribution is 0.0284. The van der Waals surface area contributed by atoms with Crippen LogP contribution in [0, 0.1) is 11.8 Å². The van der Waals surface area contributed by atoms with Crippen LogP contribution < -0.4 is 5.32 Å². The Labute approximate surface area is 170 Å². The van der Waals surface area contributed by atoms with Gasteiger partial charge in [-0.15, -0.1) is 0 Å². The number of fused-ring (bicyclic) bond motifs is 4. The highest BCUT2D eigenvalue weighted by Gasteiger charge is 2.48. The van der Waals surface area contributed by atoms with Crippen LogP contribution in [0.1, 0.15) is 49.8 Å². The van der Waals surface area contributed by atoms with Gasteiger partial charge in [-0.25, -0.2) is 0 Å². The van der Waals surface area contributed by atoms with E-state index in [9.17, 15) is 0 Å². The van der Waals surface area contributed by atoms with Crippen molar-refractivity contribution in [2.24, 2.45) is 11.8 Å². The fraction of sp³-hybridized carbons (Fsp3) is 0.538. The smallest absolute Gasteiger partial charge is 0.0343 e. The summed E-state index contributed by atoms with van der Waals surface area (Å²) in [5.41, 5.74) is 6.24. The van der Waals surface area contributed by atoms with Crippen molar-refractivity contribution in [2.45, 2.75) is 57.4 Å². The van der Waals surface area contributed by atoms with Crippen molar-refractivity contribution in [3.63, 3.8) is 0 Å². The molecule has 2 aromatic carbocycles. The molecule has 2 heteroatoms. The van der Waals surface area contributed by atoms with E-state index in [0.29, 0.717) is 5.41 Å². The van der Waals surface area contributed by atoms with Gasteiger partial charge in [0.25, 0.3) is 0 Å². The topological polar surface area (TPSA) is 15.3 Å². The van der Waals surface area contributed by atoms with Crippen LogP contribution in [-0.4, -0.2) is 30.6 Å². The van der Waals surface area contributed by atoms with Crippen LogP contribution in [0.5, 0.6) is 0 Å². The maximum absolute atomic E-state index is 3.68. The quantitative estimate of drug-likeness (QED) is 0.740. The summed E-state index contributed by atoms with van der Waals surface area (Å²) < 4.78 is 0. The van der Waals surface area contributed by atoms with Gasteiger partial charge in [-0.1, -0.05) is 50.2 Å². The number of benzene rings is 2. The summed E-state index contributed by atoms with van der Waals surface area (Å²) in [6, 6.07) is 18.7. The van der Waals surface area contributed by atoms with Gasteiger partial charge in [0, 0.05) is 24.8 Å². The number of nitrogens with one attached hydrogen (secondary N) is 1. The van der Waals surface area contributed by atoms with E-state index in [1.54, 1.807) is 11.1 Å². The van der Waals surface area contributed by atoms with Crippen molar-refractivity contribution in [3.05, 3.63) is 65.2 Å². The van der Waals surface area contributed by atoms with Gasteiger partial charge >= 0.3 is 0 Å². The fourth-order valence-corrected chi connectivity index (χ4v) is 5.67. The van der Waals surface area contributed by atoms with Crippen LogP contribution in [0.15, 0.2) is 48.5 Å². The Hall–Kier alpha value is -1.80. The lowest BCUT2D eigenvalue weighted by Crippen LogP contribution is -2.58. The fourth-order valence-electron chi connectivity index (χ4n) is 5.67. The monoisotopic (exact) mass is 374 g/mol. The van der Waals surface area contributed by atoms with E-state index in [2.05, 4.69) is 72.6 Å². The van der Waals surface area contributed by atoms with Gasteiger partial charge in [0.05, 0.1) is 0 Å². The predicted molar refractivity (Wildman–Crippen MR) is 118 cm³/mol. The summed E-state index contributed by atoms with van der Waals surface area (Å²) >= 11 is 0. The van der Waals surface area contributed by atoms with Crippen LogP contribution in [0.3, 0.4) is 0 Å². The number of likely N-dealkylation sites (tertiary alicyclic amines) is 1. The molecule has 0 radical (unpaired) electrons. The van der Waals surface area contributed by atoms with Crippen LogP contribution in [0.2, 0.25) is 0 Å². The standard InChI is InChI=1S/C26H34N2/c1-19-25-16-22-10-11-23(27-14-12-20-6-4-3-5-7-20)17-24(22)26(19,2)13-15-28(25)18-21-8-9-21/h3-7,10-11,17,19,21,25,27H,8-9,12-16,18H2,1-2H3/t19-,25+,26+/m1/s1. The van der Waals surface area contributed by atoms with Crippen LogP contribution in [-0.2, 0) is 18.3 Å². The third-order valence-corrected chi connectivity index (χ3v) is 7.90. The van der Waals surface area contributed by atoms with Crippen molar-refractivity contribution in [1.29, 1.82) is 0 Å². The Morgan fingerprint density at radius 3 is 2.71 bits per heavy atom. The average Bonchev–Trinajstić information content (AvgIpc) is 3.52. The summed E-state index contributed by atoms with van der Waals surface area (Å²) in [5.74, 6) is 1.74. The first kappa shape index (κ1) is 18.2. The zero-order chi connectivity index (χ0) is 19.1. The second-order valence-electron chi connectivity index (χ2n) is 9.70. The molecule has 0 amide bonds. The number of rotatable bonds is 6. The van der Waals surface area contributed by atoms with Gasteiger partial charge in [0.15, 0.2) is 0 Å². The number of piperidine rings is 1. The first-order valence-corrected chi connectivity index (χ1v) is 11.3. The molecule has 2 aliphatic carbocycles. The third-order valence-electron chi connectivity index (χ3n) is 7.90. The maximum Gasteiger partial charge on any atom is 0.0343 e. The van der Waals surface area contributed by atoms with Gasteiger partial charge < -0.3 is 5.32 Å². The Bertz CT molecular complexity index is 826. The number of hydrogen-bond donors (Lipinski definition) is 1. The SMILES string of the molecule is C[C@@H]1[C@@H]2Cc3ccc(NCCc4ccccc4)cc3[C@@]1(C)CCN2CC1CC1. The average molecular weight is 375 g/mol. The normalized spacial score (nSPS) is 29.4. The molecule has 3 atom stereocenters. The molecule has 0 unspecified atom stereocenters. The Kier molecular flexibility index (Phi) is 4.71. The lowest BCUT2D eigenvalue weighted by atomic mass is 9.59. The predicted octanol–water partition coefficient (Wildman–Crippen LogP) is 5.28. The first-order chi connectivity index (χ1) is 13.6. The van der Waals surface area contributed by atoms with Gasteiger partial charge in [-0.3, -0.25) is 4.90 Å². The highest BCUT2D eigenvalue weighted by atomic mass is 15.2. The molecule has 2 nitrogen and oxygen atoms in total. The van der Waals surface area contributed by atoms with E-state index in [0.717, 1.165) is 30.8 Å². The second-order valence-corrected chi connectivity index (χ2v) is 9.70. The van der Waals surface area contributed by atoms with Crippen molar-refractivity contribution in [3.8, 4) is 0 Å². The third kappa shape index (κ3) is 3.37. The Balaban J connectivity index is 1.32. The highest BCUT2D eigenvalue weighted by molar-refractivity contribution is 5.53. The van der Waals surface area contributed by atoms with Crippen molar-refractivity contribution in [1.82, 2.24) is 4.90 Å². The molecule has 1 saturated carbocycles. The molecule has 2 aromatic rings. The van der Waals surface area contributed by atoms with E-state index < -0.39 is 0 Å². The number of hydrogen-bond acceptors (Lipinski definition) is 2. The molecular formula is C26H34N2. The zero-order valence-corrected chi connectivity index (χ0v) is 17.5. The largest absolute Gasteiger partial charge is 0.385 e. The van der Waals surface area contributed by atoms with E-state index in [-0.39, 0.29) is 0 Å². The zero-order valence-electron chi connectivity index (χ0n) is 17.5.